The van der Waals surface area contributed by atoms with Gasteiger partial charge in [-0.2, -0.15) is 0 Å². The highest BCUT2D eigenvalue weighted by atomic mass is 16.2. The Labute approximate surface area is 161 Å². The Morgan fingerprint density at radius 3 is 2.41 bits per heavy atom. The van der Waals surface area contributed by atoms with Crippen molar-refractivity contribution in [2.24, 2.45) is 5.92 Å². The second kappa shape index (κ2) is 8.85. The van der Waals surface area contributed by atoms with Crippen LogP contribution in [0, 0.1) is 19.8 Å². The van der Waals surface area contributed by atoms with Gasteiger partial charge in [0.25, 0.3) is 0 Å². The Morgan fingerprint density at radius 1 is 1.00 bits per heavy atom. The summed E-state index contributed by atoms with van der Waals surface area (Å²) in [5.41, 5.74) is 4.36. The molecular formula is C23H28N2O2. The number of nitrogens with one attached hydrogen (secondary N) is 1. The molecule has 1 fully saturated rings. The van der Waals surface area contributed by atoms with Gasteiger partial charge in [0.05, 0.1) is 0 Å². The van der Waals surface area contributed by atoms with E-state index in [0.29, 0.717) is 19.5 Å². The van der Waals surface area contributed by atoms with Crippen LogP contribution in [-0.4, -0.2) is 29.8 Å². The zero-order chi connectivity index (χ0) is 19.2. The summed E-state index contributed by atoms with van der Waals surface area (Å²) >= 11 is 0. The molecule has 142 valence electrons. The maximum atomic E-state index is 12.6. The number of hydrogen-bond donors (Lipinski definition) is 1. The second-order valence-electron chi connectivity index (χ2n) is 7.38. The molecule has 2 amide bonds. The fraction of sp³-hybridized carbons (Fsp3) is 0.391. The van der Waals surface area contributed by atoms with Gasteiger partial charge in [-0.25, -0.2) is 0 Å². The standard InChI is InChI=1S/C23H28N2O2/c1-17-7-6-10-21(18(17)2)24-23(27)20-13-15-25(16-14-20)22(26)12-11-19-8-4-3-5-9-19/h3-10,20H,11-16H2,1-2H3,(H,24,27). The number of benzene rings is 2. The summed E-state index contributed by atoms with van der Waals surface area (Å²) < 4.78 is 0. The molecule has 1 aliphatic heterocycles. The van der Waals surface area contributed by atoms with Crippen LogP contribution in [0.5, 0.6) is 0 Å². The number of carbonyl (C=O) groups excluding carboxylic acids is 2. The van der Waals surface area contributed by atoms with E-state index in [1.54, 1.807) is 0 Å². The van der Waals surface area contributed by atoms with Crippen LogP contribution in [0.2, 0.25) is 0 Å². The van der Waals surface area contributed by atoms with Crippen molar-refractivity contribution in [1.82, 2.24) is 4.90 Å². The minimum Gasteiger partial charge on any atom is -0.343 e. The Morgan fingerprint density at radius 2 is 1.70 bits per heavy atom. The minimum atomic E-state index is -0.0249. The van der Waals surface area contributed by atoms with Gasteiger partial charge in [-0.1, -0.05) is 42.5 Å². The molecule has 4 nitrogen and oxygen atoms in total. The summed E-state index contributed by atoms with van der Waals surface area (Å²) in [6.45, 7) is 5.40. The summed E-state index contributed by atoms with van der Waals surface area (Å²) in [6, 6.07) is 16.0. The van der Waals surface area contributed by atoms with E-state index >= 15 is 0 Å². The number of amides is 2. The van der Waals surface area contributed by atoms with E-state index in [1.165, 1.54) is 11.1 Å². The first kappa shape index (κ1) is 19.2. The molecule has 2 aromatic rings. The molecule has 0 aliphatic carbocycles. The van der Waals surface area contributed by atoms with Gasteiger partial charge in [-0.05, 0) is 55.9 Å². The zero-order valence-electron chi connectivity index (χ0n) is 16.2. The molecule has 0 saturated carbocycles. The van der Waals surface area contributed by atoms with Gasteiger partial charge in [0, 0.05) is 31.1 Å². The van der Waals surface area contributed by atoms with Crippen molar-refractivity contribution in [2.45, 2.75) is 39.5 Å². The molecule has 0 atom stereocenters. The molecule has 0 aromatic heterocycles. The third-order valence-corrected chi connectivity index (χ3v) is 5.55. The SMILES string of the molecule is Cc1cccc(NC(=O)C2CCN(C(=O)CCc3ccccc3)CC2)c1C. The van der Waals surface area contributed by atoms with Crippen molar-refractivity contribution >= 4 is 17.5 Å². The smallest absolute Gasteiger partial charge is 0.227 e. The van der Waals surface area contributed by atoms with Gasteiger partial charge in [0.2, 0.25) is 11.8 Å². The summed E-state index contributed by atoms with van der Waals surface area (Å²) in [4.78, 5) is 27.0. The van der Waals surface area contributed by atoms with Crippen molar-refractivity contribution in [3.8, 4) is 0 Å². The number of rotatable bonds is 5. The summed E-state index contributed by atoms with van der Waals surface area (Å²) in [5, 5.41) is 3.07. The van der Waals surface area contributed by atoms with Crippen LogP contribution in [0.4, 0.5) is 5.69 Å². The number of anilines is 1. The van der Waals surface area contributed by atoms with Crippen LogP contribution in [0.3, 0.4) is 0 Å². The van der Waals surface area contributed by atoms with E-state index in [2.05, 4.69) is 17.4 Å². The van der Waals surface area contributed by atoms with Gasteiger partial charge >= 0.3 is 0 Å². The van der Waals surface area contributed by atoms with Gasteiger partial charge in [0.1, 0.15) is 0 Å². The Kier molecular flexibility index (Phi) is 6.28. The Balaban J connectivity index is 1.47. The predicted molar refractivity (Wildman–Crippen MR) is 109 cm³/mol. The van der Waals surface area contributed by atoms with E-state index in [-0.39, 0.29) is 17.7 Å². The van der Waals surface area contributed by atoms with Gasteiger partial charge in [0.15, 0.2) is 0 Å². The zero-order valence-corrected chi connectivity index (χ0v) is 16.2. The fourth-order valence-corrected chi connectivity index (χ4v) is 3.57. The van der Waals surface area contributed by atoms with Crippen LogP contribution in [0.15, 0.2) is 48.5 Å². The lowest BCUT2D eigenvalue weighted by molar-refractivity contribution is -0.134. The number of likely N-dealkylation sites (tertiary alicyclic amines) is 1. The number of piperidine rings is 1. The van der Waals surface area contributed by atoms with E-state index < -0.39 is 0 Å². The Bertz CT molecular complexity index is 793. The fourth-order valence-electron chi connectivity index (χ4n) is 3.57. The average Bonchev–Trinajstić information content (AvgIpc) is 2.70. The quantitative estimate of drug-likeness (QED) is 0.868. The normalized spacial score (nSPS) is 14.8. The highest BCUT2D eigenvalue weighted by Crippen LogP contribution is 2.23. The van der Waals surface area contributed by atoms with Crippen molar-refractivity contribution in [1.29, 1.82) is 0 Å². The third-order valence-electron chi connectivity index (χ3n) is 5.55. The lowest BCUT2D eigenvalue weighted by atomic mass is 9.95. The van der Waals surface area contributed by atoms with Crippen LogP contribution >= 0.6 is 0 Å². The molecule has 4 heteroatoms. The first-order valence-corrected chi connectivity index (χ1v) is 9.73. The van der Waals surface area contributed by atoms with Crippen molar-refractivity contribution in [3.63, 3.8) is 0 Å². The summed E-state index contributed by atoms with van der Waals surface area (Å²) in [6.07, 6.45) is 2.76. The van der Waals surface area contributed by atoms with Crippen LogP contribution < -0.4 is 5.32 Å². The predicted octanol–water partition coefficient (Wildman–Crippen LogP) is 4.11. The monoisotopic (exact) mass is 364 g/mol. The average molecular weight is 364 g/mol. The molecule has 1 N–H and O–H groups in total. The molecule has 3 rings (SSSR count). The van der Waals surface area contributed by atoms with E-state index in [1.807, 2.05) is 55.1 Å². The minimum absolute atomic E-state index is 0.0249. The number of hydrogen-bond acceptors (Lipinski definition) is 2. The van der Waals surface area contributed by atoms with Crippen LogP contribution in [-0.2, 0) is 16.0 Å². The maximum Gasteiger partial charge on any atom is 0.227 e. The number of carbonyl (C=O) groups is 2. The number of nitrogens with zero attached hydrogens (tertiary/aromatic N) is 1. The highest BCUT2D eigenvalue weighted by Gasteiger charge is 2.27. The summed E-state index contributed by atoms with van der Waals surface area (Å²) in [5.74, 6) is 0.232. The van der Waals surface area contributed by atoms with E-state index in [4.69, 9.17) is 0 Å². The summed E-state index contributed by atoms with van der Waals surface area (Å²) in [7, 11) is 0. The molecule has 1 heterocycles. The maximum absolute atomic E-state index is 12.6. The van der Waals surface area contributed by atoms with Crippen molar-refractivity contribution in [2.75, 3.05) is 18.4 Å². The highest BCUT2D eigenvalue weighted by molar-refractivity contribution is 5.93. The topological polar surface area (TPSA) is 49.4 Å². The molecule has 2 aromatic carbocycles. The molecule has 0 bridgehead atoms. The van der Waals surface area contributed by atoms with Crippen molar-refractivity contribution in [3.05, 3.63) is 65.2 Å². The molecule has 0 spiro atoms. The van der Waals surface area contributed by atoms with Gasteiger partial charge in [-0.3, -0.25) is 9.59 Å². The van der Waals surface area contributed by atoms with Crippen molar-refractivity contribution < 1.29 is 9.59 Å². The Hall–Kier alpha value is -2.62. The first-order valence-electron chi connectivity index (χ1n) is 9.73. The van der Waals surface area contributed by atoms with Gasteiger partial charge in [-0.15, -0.1) is 0 Å². The molecular weight excluding hydrogens is 336 g/mol. The van der Waals surface area contributed by atoms with E-state index in [0.717, 1.165) is 30.5 Å². The number of aryl methyl sites for hydroxylation is 2. The molecule has 0 unspecified atom stereocenters. The largest absolute Gasteiger partial charge is 0.343 e. The first-order chi connectivity index (χ1) is 13.0. The van der Waals surface area contributed by atoms with E-state index in [9.17, 15) is 9.59 Å². The molecule has 1 aliphatic rings. The third kappa shape index (κ3) is 4.97. The molecule has 27 heavy (non-hydrogen) atoms. The van der Waals surface area contributed by atoms with Crippen LogP contribution in [0.25, 0.3) is 0 Å². The molecule has 0 radical (unpaired) electrons. The lowest BCUT2D eigenvalue weighted by Gasteiger charge is -2.31. The van der Waals surface area contributed by atoms with Crippen LogP contribution in [0.1, 0.15) is 36.0 Å². The second-order valence-corrected chi connectivity index (χ2v) is 7.38. The van der Waals surface area contributed by atoms with Gasteiger partial charge < -0.3 is 10.2 Å². The molecule has 1 saturated heterocycles. The lowest BCUT2D eigenvalue weighted by Crippen LogP contribution is -2.41.